The molecule has 2 aromatic carbocycles. The van der Waals surface area contributed by atoms with Crippen molar-refractivity contribution in [1.29, 1.82) is 0 Å². The Balaban J connectivity index is 2.03. The molecule has 2 N–H and O–H groups in total. The Labute approximate surface area is 127 Å². The van der Waals surface area contributed by atoms with E-state index in [0.29, 0.717) is 12.5 Å². The smallest absolute Gasteiger partial charge is 0.125 e. The van der Waals surface area contributed by atoms with E-state index in [1.54, 1.807) is 0 Å². The number of aryl methyl sites for hydroxylation is 2. The van der Waals surface area contributed by atoms with Crippen molar-refractivity contribution in [3.63, 3.8) is 0 Å². The minimum Gasteiger partial charge on any atom is -0.491 e. The largest absolute Gasteiger partial charge is 0.491 e. The molecule has 0 fully saturated rings. The fourth-order valence-electron chi connectivity index (χ4n) is 2.42. The molecule has 0 radical (unpaired) electrons. The van der Waals surface area contributed by atoms with Gasteiger partial charge in [-0.2, -0.15) is 0 Å². The average Bonchev–Trinajstić information content (AvgIpc) is 2.46. The minimum atomic E-state index is -0.106. The Morgan fingerprint density at radius 2 is 1.43 bits per heavy atom. The van der Waals surface area contributed by atoms with Gasteiger partial charge in [-0.1, -0.05) is 56.3 Å². The summed E-state index contributed by atoms with van der Waals surface area (Å²) in [6.45, 7) is 9.00. The lowest BCUT2D eigenvalue weighted by Crippen LogP contribution is -2.19. The molecule has 2 nitrogen and oxygen atoms in total. The Morgan fingerprint density at radius 3 is 1.95 bits per heavy atom. The first-order valence-electron chi connectivity index (χ1n) is 7.53. The fraction of sp³-hybridized carbons (Fsp3) is 0.368. The molecule has 1 unspecified atom stereocenters. The van der Waals surface area contributed by atoms with Gasteiger partial charge in [-0.05, 0) is 42.0 Å². The zero-order valence-corrected chi connectivity index (χ0v) is 13.4. The van der Waals surface area contributed by atoms with Gasteiger partial charge in [-0.15, -0.1) is 0 Å². The van der Waals surface area contributed by atoms with Gasteiger partial charge in [-0.3, -0.25) is 0 Å². The summed E-state index contributed by atoms with van der Waals surface area (Å²) in [6, 6.07) is 14.6. The van der Waals surface area contributed by atoms with E-state index in [-0.39, 0.29) is 6.04 Å². The van der Waals surface area contributed by atoms with E-state index in [1.807, 2.05) is 6.07 Å². The van der Waals surface area contributed by atoms with Crippen molar-refractivity contribution in [3.05, 3.63) is 64.7 Å². The molecule has 0 spiro atoms. The number of benzene rings is 2. The van der Waals surface area contributed by atoms with Gasteiger partial charge < -0.3 is 10.5 Å². The molecule has 0 saturated heterocycles. The molecule has 2 rings (SSSR count). The molecule has 112 valence electrons. The van der Waals surface area contributed by atoms with E-state index >= 15 is 0 Å². The van der Waals surface area contributed by atoms with Gasteiger partial charge in [0.05, 0.1) is 6.04 Å². The van der Waals surface area contributed by atoms with E-state index in [2.05, 4.69) is 64.1 Å². The van der Waals surface area contributed by atoms with Crippen LogP contribution >= 0.6 is 0 Å². The van der Waals surface area contributed by atoms with E-state index < -0.39 is 0 Å². The summed E-state index contributed by atoms with van der Waals surface area (Å²) >= 11 is 0. The molecule has 21 heavy (non-hydrogen) atoms. The summed E-state index contributed by atoms with van der Waals surface area (Å²) in [5, 5.41) is 0. The standard InChI is InChI=1S/C19H25NO/c1-13(2)16-8-10-17(11-9-16)18(20)12-21-19-14(3)6-5-7-15(19)4/h5-11,13,18H,12,20H2,1-4H3. The van der Waals surface area contributed by atoms with E-state index in [9.17, 15) is 0 Å². The lowest BCUT2D eigenvalue weighted by Gasteiger charge is -2.17. The highest BCUT2D eigenvalue weighted by Gasteiger charge is 2.10. The van der Waals surface area contributed by atoms with Crippen molar-refractivity contribution in [3.8, 4) is 5.75 Å². The Kier molecular flexibility index (Phi) is 5.03. The Bertz CT molecular complexity index is 567. The zero-order valence-electron chi connectivity index (χ0n) is 13.4. The molecular weight excluding hydrogens is 258 g/mol. The summed E-state index contributed by atoms with van der Waals surface area (Å²) in [5.74, 6) is 1.49. The van der Waals surface area contributed by atoms with Gasteiger partial charge in [-0.25, -0.2) is 0 Å². The number of nitrogens with two attached hydrogens (primary N) is 1. The molecule has 0 saturated carbocycles. The first kappa shape index (κ1) is 15.6. The topological polar surface area (TPSA) is 35.2 Å². The number of hydrogen-bond acceptors (Lipinski definition) is 2. The van der Waals surface area contributed by atoms with Gasteiger partial charge in [0, 0.05) is 0 Å². The average molecular weight is 283 g/mol. The summed E-state index contributed by atoms with van der Waals surface area (Å²) in [5.41, 5.74) is 11.0. The summed E-state index contributed by atoms with van der Waals surface area (Å²) in [4.78, 5) is 0. The van der Waals surface area contributed by atoms with Crippen LogP contribution in [-0.2, 0) is 0 Å². The van der Waals surface area contributed by atoms with Gasteiger partial charge in [0.15, 0.2) is 0 Å². The Morgan fingerprint density at radius 1 is 0.905 bits per heavy atom. The predicted octanol–water partition coefficient (Wildman–Crippen LogP) is 4.51. The van der Waals surface area contributed by atoms with Gasteiger partial charge in [0.1, 0.15) is 12.4 Å². The second kappa shape index (κ2) is 6.77. The monoisotopic (exact) mass is 283 g/mol. The van der Waals surface area contributed by atoms with E-state index in [1.165, 1.54) is 5.56 Å². The molecular formula is C19H25NO. The minimum absolute atomic E-state index is 0.106. The maximum atomic E-state index is 6.24. The Hall–Kier alpha value is -1.80. The van der Waals surface area contributed by atoms with Crippen LogP contribution in [0.4, 0.5) is 0 Å². The number of ether oxygens (including phenoxy) is 1. The predicted molar refractivity (Wildman–Crippen MR) is 88.9 cm³/mol. The van der Waals surface area contributed by atoms with Crippen molar-refractivity contribution in [2.45, 2.75) is 39.7 Å². The highest BCUT2D eigenvalue weighted by Crippen LogP contribution is 2.24. The lowest BCUT2D eigenvalue weighted by atomic mass is 9.99. The van der Waals surface area contributed by atoms with Gasteiger partial charge in [0.2, 0.25) is 0 Å². The van der Waals surface area contributed by atoms with Crippen molar-refractivity contribution >= 4 is 0 Å². The number of rotatable bonds is 5. The van der Waals surface area contributed by atoms with Gasteiger partial charge >= 0.3 is 0 Å². The molecule has 0 bridgehead atoms. The van der Waals surface area contributed by atoms with Crippen molar-refractivity contribution in [2.75, 3.05) is 6.61 Å². The maximum absolute atomic E-state index is 6.24. The molecule has 0 aliphatic rings. The number of hydrogen-bond donors (Lipinski definition) is 1. The highest BCUT2D eigenvalue weighted by molar-refractivity contribution is 5.39. The second-order valence-electron chi connectivity index (χ2n) is 5.96. The van der Waals surface area contributed by atoms with Crippen LogP contribution in [0.5, 0.6) is 5.75 Å². The van der Waals surface area contributed by atoms with Crippen LogP contribution in [0.3, 0.4) is 0 Å². The third-order valence-electron chi connectivity index (χ3n) is 3.85. The van der Waals surface area contributed by atoms with E-state index in [0.717, 1.165) is 22.4 Å². The lowest BCUT2D eigenvalue weighted by molar-refractivity contribution is 0.287. The quantitative estimate of drug-likeness (QED) is 0.876. The fourth-order valence-corrected chi connectivity index (χ4v) is 2.42. The first-order valence-corrected chi connectivity index (χ1v) is 7.53. The summed E-state index contributed by atoms with van der Waals surface area (Å²) in [7, 11) is 0. The van der Waals surface area contributed by atoms with Crippen molar-refractivity contribution < 1.29 is 4.74 Å². The van der Waals surface area contributed by atoms with Crippen LogP contribution in [0.2, 0.25) is 0 Å². The molecule has 1 atom stereocenters. The molecule has 0 heterocycles. The van der Waals surface area contributed by atoms with Crippen LogP contribution in [-0.4, -0.2) is 6.61 Å². The summed E-state index contributed by atoms with van der Waals surface area (Å²) < 4.78 is 5.94. The van der Waals surface area contributed by atoms with Crippen molar-refractivity contribution in [1.82, 2.24) is 0 Å². The molecule has 2 aromatic rings. The third kappa shape index (κ3) is 3.85. The molecule has 0 aromatic heterocycles. The zero-order chi connectivity index (χ0) is 15.4. The van der Waals surface area contributed by atoms with E-state index in [4.69, 9.17) is 10.5 Å². The SMILES string of the molecule is Cc1cccc(C)c1OCC(N)c1ccc(C(C)C)cc1. The normalized spacial score (nSPS) is 12.5. The molecule has 0 aliphatic carbocycles. The maximum Gasteiger partial charge on any atom is 0.125 e. The van der Waals surface area contributed by atoms with Crippen molar-refractivity contribution in [2.24, 2.45) is 5.73 Å². The summed E-state index contributed by atoms with van der Waals surface area (Å²) in [6.07, 6.45) is 0. The molecule has 0 amide bonds. The first-order chi connectivity index (χ1) is 9.99. The third-order valence-corrected chi connectivity index (χ3v) is 3.85. The molecule has 0 aliphatic heterocycles. The van der Waals surface area contributed by atoms with Crippen LogP contribution in [0, 0.1) is 13.8 Å². The number of para-hydroxylation sites is 1. The van der Waals surface area contributed by atoms with Crippen LogP contribution in [0.15, 0.2) is 42.5 Å². The highest BCUT2D eigenvalue weighted by atomic mass is 16.5. The van der Waals surface area contributed by atoms with Crippen LogP contribution < -0.4 is 10.5 Å². The van der Waals surface area contributed by atoms with Crippen LogP contribution in [0.25, 0.3) is 0 Å². The van der Waals surface area contributed by atoms with Gasteiger partial charge in [0.25, 0.3) is 0 Å². The van der Waals surface area contributed by atoms with Crippen LogP contribution in [0.1, 0.15) is 48.1 Å². The second-order valence-corrected chi connectivity index (χ2v) is 5.96. The molecule has 2 heteroatoms.